The van der Waals surface area contributed by atoms with Gasteiger partial charge in [0.1, 0.15) is 22.8 Å². The molecule has 1 unspecified atom stereocenters. The Morgan fingerprint density at radius 3 is 2.15 bits per heavy atom. The van der Waals surface area contributed by atoms with Crippen LogP contribution in [0.3, 0.4) is 0 Å². The number of carbonyl (C=O) groups excluding carboxylic acids is 5. The van der Waals surface area contributed by atoms with Crippen molar-refractivity contribution < 1.29 is 28.5 Å². The molecule has 1 fully saturated rings. The molecule has 47 heavy (non-hydrogen) atoms. The van der Waals surface area contributed by atoms with Crippen molar-refractivity contribution in [3.05, 3.63) is 66.2 Å². The van der Waals surface area contributed by atoms with Gasteiger partial charge in [0.05, 0.1) is 0 Å². The summed E-state index contributed by atoms with van der Waals surface area (Å²) in [6.07, 6.45) is 1.91. The van der Waals surface area contributed by atoms with E-state index in [0.29, 0.717) is 37.9 Å². The quantitative estimate of drug-likeness (QED) is 0.252. The first-order valence-corrected chi connectivity index (χ1v) is 16.9. The van der Waals surface area contributed by atoms with Gasteiger partial charge >= 0.3 is 0 Å². The molecular formula is C35H48N5O6P. The zero-order chi connectivity index (χ0) is 35.0. The molecule has 1 saturated heterocycles. The van der Waals surface area contributed by atoms with Gasteiger partial charge in [-0.05, 0) is 77.5 Å². The molecule has 5 amide bonds. The SMILES string of the molecule is CCC(P=O)(C(C)(C)N)[C@@](C)(C(=O)Nc1ccccc1)N(C(=O)CCCc1ccccc1)C(=O)[C@H](C)NC(=O)[C@@H]1CCCN1C(C)=O. The lowest BCUT2D eigenvalue weighted by atomic mass is 9.69. The summed E-state index contributed by atoms with van der Waals surface area (Å²) in [6, 6.07) is 16.1. The maximum Gasteiger partial charge on any atom is 0.252 e. The topological polar surface area (TPSA) is 159 Å². The Morgan fingerprint density at radius 2 is 1.62 bits per heavy atom. The summed E-state index contributed by atoms with van der Waals surface area (Å²) in [5.74, 6) is -3.07. The molecule has 11 nitrogen and oxygen atoms in total. The van der Waals surface area contributed by atoms with Crippen molar-refractivity contribution >= 4 is 43.7 Å². The largest absolute Gasteiger partial charge is 0.343 e. The van der Waals surface area contributed by atoms with Crippen LogP contribution in [0.15, 0.2) is 60.7 Å². The van der Waals surface area contributed by atoms with Gasteiger partial charge in [-0.2, -0.15) is 0 Å². The fourth-order valence-corrected chi connectivity index (χ4v) is 7.46. The van der Waals surface area contributed by atoms with Gasteiger partial charge in [-0.3, -0.25) is 33.4 Å². The van der Waals surface area contributed by atoms with Crippen molar-refractivity contribution in [2.45, 2.75) is 108 Å². The molecule has 0 aliphatic carbocycles. The molecule has 0 aromatic heterocycles. The highest BCUT2D eigenvalue weighted by atomic mass is 31.1. The molecule has 1 aliphatic heterocycles. The van der Waals surface area contributed by atoms with Gasteiger partial charge in [0, 0.05) is 31.1 Å². The summed E-state index contributed by atoms with van der Waals surface area (Å²) in [4.78, 5) is 71.4. The Bertz CT molecular complexity index is 1450. The summed E-state index contributed by atoms with van der Waals surface area (Å²) in [6.45, 7) is 9.59. The summed E-state index contributed by atoms with van der Waals surface area (Å²) < 4.78 is 13.4. The van der Waals surface area contributed by atoms with Crippen molar-refractivity contribution in [2.24, 2.45) is 5.73 Å². The molecule has 4 atom stereocenters. The molecule has 3 rings (SSSR count). The highest BCUT2D eigenvalue weighted by molar-refractivity contribution is 7.26. The first kappa shape index (κ1) is 37.5. The number of hydrogen-bond donors (Lipinski definition) is 3. The van der Waals surface area contributed by atoms with Crippen molar-refractivity contribution in [1.82, 2.24) is 15.1 Å². The van der Waals surface area contributed by atoms with Gasteiger partial charge in [-0.1, -0.05) is 55.5 Å². The minimum absolute atomic E-state index is 0.0533. The average molecular weight is 666 g/mol. The summed E-state index contributed by atoms with van der Waals surface area (Å²) in [5.41, 5.74) is 4.66. The van der Waals surface area contributed by atoms with Crippen LogP contribution in [-0.2, 0) is 35.0 Å². The molecule has 1 aliphatic rings. The van der Waals surface area contributed by atoms with E-state index in [9.17, 15) is 28.5 Å². The van der Waals surface area contributed by atoms with Crippen LogP contribution in [0.5, 0.6) is 0 Å². The zero-order valence-electron chi connectivity index (χ0n) is 28.2. The second kappa shape index (κ2) is 15.8. The highest BCUT2D eigenvalue weighted by Crippen LogP contribution is 2.49. The van der Waals surface area contributed by atoms with Gasteiger partial charge in [0.15, 0.2) is 8.46 Å². The number of para-hydroxylation sites is 1. The lowest BCUT2D eigenvalue weighted by Gasteiger charge is -2.54. The summed E-state index contributed by atoms with van der Waals surface area (Å²) in [5, 5.41) is 3.86. The predicted octanol–water partition coefficient (Wildman–Crippen LogP) is 4.46. The predicted molar refractivity (Wildman–Crippen MR) is 182 cm³/mol. The molecule has 4 N–H and O–H groups in total. The minimum atomic E-state index is -2.10. The molecule has 2 aromatic rings. The van der Waals surface area contributed by atoms with Crippen molar-refractivity contribution in [2.75, 3.05) is 11.9 Å². The van der Waals surface area contributed by atoms with E-state index in [2.05, 4.69) is 10.6 Å². The van der Waals surface area contributed by atoms with Crippen LogP contribution >= 0.6 is 8.46 Å². The number of nitrogens with two attached hydrogens (primary N) is 1. The van der Waals surface area contributed by atoms with E-state index in [4.69, 9.17) is 5.73 Å². The smallest absolute Gasteiger partial charge is 0.252 e. The van der Waals surface area contributed by atoms with Crippen molar-refractivity contribution in [3.8, 4) is 0 Å². The number of nitrogens with one attached hydrogen (secondary N) is 2. The number of rotatable bonds is 14. The third-order valence-corrected chi connectivity index (χ3v) is 11.0. The fraction of sp³-hybridized carbons (Fsp3) is 0.514. The number of carbonyl (C=O) groups is 5. The number of benzene rings is 2. The van der Waals surface area contributed by atoms with E-state index in [0.717, 1.165) is 10.5 Å². The van der Waals surface area contributed by atoms with Crippen LogP contribution < -0.4 is 16.4 Å². The third kappa shape index (κ3) is 7.96. The Hall–Kier alpha value is -3.95. The monoisotopic (exact) mass is 665 g/mol. The van der Waals surface area contributed by atoms with Crippen LogP contribution in [0.25, 0.3) is 0 Å². The van der Waals surface area contributed by atoms with E-state index < -0.39 is 60.4 Å². The first-order valence-electron chi connectivity index (χ1n) is 16.1. The second-order valence-electron chi connectivity index (χ2n) is 12.9. The molecule has 0 spiro atoms. The van der Waals surface area contributed by atoms with E-state index in [1.54, 1.807) is 51.1 Å². The van der Waals surface area contributed by atoms with E-state index >= 15 is 0 Å². The Kier molecular flexibility index (Phi) is 12.6. The van der Waals surface area contributed by atoms with Crippen LogP contribution in [-0.4, -0.2) is 74.2 Å². The van der Waals surface area contributed by atoms with Crippen molar-refractivity contribution in [3.63, 3.8) is 0 Å². The molecule has 0 radical (unpaired) electrons. The number of amides is 5. The second-order valence-corrected chi connectivity index (χ2v) is 13.9. The van der Waals surface area contributed by atoms with Crippen molar-refractivity contribution in [1.29, 1.82) is 0 Å². The number of anilines is 1. The number of aryl methyl sites for hydroxylation is 1. The third-order valence-electron chi connectivity index (χ3n) is 9.32. The summed E-state index contributed by atoms with van der Waals surface area (Å²) >= 11 is 0. The highest BCUT2D eigenvalue weighted by Gasteiger charge is 2.65. The molecule has 0 saturated carbocycles. The van der Waals surface area contributed by atoms with Crippen LogP contribution in [0.2, 0.25) is 0 Å². The average Bonchev–Trinajstić information content (AvgIpc) is 3.53. The minimum Gasteiger partial charge on any atom is -0.343 e. The van der Waals surface area contributed by atoms with Gasteiger partial charge in [0.2, 0.25) is 17.7 Å². The fourth-order valence-electron chi connectivity index (χ4n) is 6.72. The van der Waals surface area contributed by atoms with Gasteiger partial charge in [-0.25, -0.2) is 0 Å². The van der Waals surface area contributed by atoms with Crippen LogP contribution in [0.1, 0.15) is 79.2 Å². The molecular weight excluding hydrogens is 617 g/mol. The maximum absolute atomic E-state index is 14.6. The molecule has 1 heterocycles. The van der Waals surface area contributed by atoms with E-state index in [-0.39, 0.29) is 18.7 Å². The first-order chi connectivity index (χ1) is 22.1. The normalized spacial score (nSPS) is 18.0. The van der Waals surface area contributed by atoms with Gasteiger partial charge in [0.25, 0.3) is 11.8 Å². The van der Waals surface area contributed by atoms with Crippen LogP contribution in [0, 0.1) is 0 Å². The molecule has 2 aromatic carbocycles. The molecule has 0 bridgehead atoms. The zero-order valence-corrected chi connectivity index (χ0v) is 29.1. The van der Waals surface area contributed by atoms with Crippen LogP contribution in [0.4, 0.5) is 5.69 Å². The number of likely N-dealkylation sites (tertiary alicyclic amines) is 1. The van der Waals surface area contributed by atoms with E-state index in [1.165, 1.54) is 25.7 Å². The summed E-state index contributed by atoms with van der Waals surface area (Å²) in [7, 11) is -0.551. The number of imide groups is 1. The lowest BCUT2D eigenvalue weighted by Crippen LogP contribution is -2.77. The Balaban J connectivity index is 2.12. The molecule has 12 heteroatoms. The maximum atomic E-state index is 14.6. The number of hydrogen-bond acceptors (Lipinski definition) is 7. The Labute approximate surface area is 279 Å². The molecule has 254 valence electrons. The Morgan fingerprint density at radius 1 is 1.02 bits per heavy atom. The lowest BCUT2D eigenvalue weighted by molar-refractivity contribution is -0.161. The standard InChI is InChI=1S/C35H48N5O6P/c1-7-35(47-46,33(4,5)36)34(6,32(45)38-27-19-12-9-13-20-27)40(29(42)22-14-18-26-16-10-8-11-17-26)31(44)24(2)37-30(43)28-21-15-23-39(28)25(3)41/h8-13,16-17,19-20,24,28H,7,14-15,18,21-23,36H2,1-6H3,(H,37,43)(H,38,45)/t24-,28-,34+,35?/m0/s1. The van der Waals surface area contributed by atoms with Gasteiger partial charge in [-0.15, -0.1) is 0 Å². The number of nitrogens with zero attached hydrogens (tertiary/aromatic N) is 2. The van der Waals surface area contributed by atoms with Gasteiger partial charge < -0.3 is 21.3 Å². The van der Waals surface area contributed by atoms with E-state index in [1.807, 2.05) is 30.3 Å².